The Labute approximate surface area is 84.0 Å². The fourth-order valence-corrected chi connectivity index (χ4v) is 1.05. The summed E-state index contributed by atoms with van der Waals surface area (Å²) >= 11 is 0. The van der Waals surface area contributed by atoms with Crippen molar-refractivity contribution in [3.8, 4) is 0 Å². The minimum Gasteiger partial charge on any atom is -0.465 e. The molecule has 0 saturated heterocycles. The zero-order chi connectivity index (χ0) is 11.6. The number of hydrogen-bond donors (Lipinski definition) is 2. The van der Waals surface area contributed by atoms with Crippen LogP contribution in [-0.4, -0.2) is 18.1 Å². The number of hydrogen-bond acceptors (Lipinski definition) is 5. The fourth-order valence-electron chi connectivity index (χ4n) is 1.05. The summed E-state index contributed by atoms with van der Waals surface area (Å²) < 4.78 is 29.3. The second-order valence-electron chi connectivity index (χ2n) is 2.68. The summed E-state index contributed by atoms with van der Waals surface area (Å²) in [4.78, 5) is 14.6. The van der Waals surface area contributed by atoms with Gasteiger partial charge in [-0.3, -0.25) is 0 Å². The van der Waals surface area contributed by atoms with Crippen molar-refractivity contribution in [3.63, 3.8) is 0 Å². The molecular formula is C8H9F2N3O2. The Kier molecular flexibility index (Phi) is 3.03. The normalized spacial score (nSPS) is 10.4. The molecule has 0 bridgehead atoms. The summed E-state index contributed by atoms with van der Waals surface area (Å²) in [6.07, 6.45) is -2.06. The number of nitrogen functional groups attached to an aromatic ring is 2. The molecule has 0 fully saturated rings. The van der Waals surface area contributed by atoms with Crippen LogP contribution < -0.4 is 11.5 Å². The summed E-state index contributed by atoms with van der Waals surface area (Å²) in [7, 11) is 1.06. The number of carbonyl (C=O) groups is 1. The Morgan fingerprint density at radius 3 is 2.60 bits per heavy atom. The first kappa shape index (κ1) is 11.2. The summed E-state index contributed by atoms with van der Waals surface area (Å²) in [6, 6.07) is 0. The highest BCUT2D eigenvalue weighted by molar-refractivity contribution is 5.98. The lowest BCUT2D eigenvalue weighted by molar-refractivity contribution is 0.0590. The third kappa shape index (κ3) is 1.95. The molecule has 0 aliphatic carbocycles. The van der Waals surface area contributed by atoms with Crippen molar-refractivity contribution in [2.45, 2.75) is 6.43 Å². The molecule has 0 atom stereocenters. The molecule has 0 saturated carbocycles. The maximum atomic E-state index is 12.5. The van der Waals surface area contributed by atoms with Gasteiger partial charge in [-0.1, -0.05) is 0 Å². The molecule has 4 N–H and O–H groups in total. The van der Waals surface area contributed by atoms with E-state index in [0.29, 0.717) is 0 Å². The number of aromatic nitrogens is 1. The molecule has 0 aliphatic rings. The second-order valence-corrected chi connectivity index (χ2v) is 2.68. The smallest absolute Gasteiger partial charge is 0.340 e. The summed E-state index contributed by atoms with van der Waals surface area (Å²) in [5, 5.41) is 0. The van der Waals surface area contributed by atoms with Gasteiger partial charge in [0.1, 0.15) is 5.82 Å². The van der Waals surface area contributed by atoms with Crippen LogP contribution in [0.1, 0.15) is 22.3 Å². The maximum absolute atomic E-state index is 12.5. The zero-order valence-corrected chi connectivity index (χ0v) is 7.83. The average molecular weight is 217 g/mol. The number of nitrogens with two attached hydrogens (primary N) is 2. The second kappa shape index (κ2) is 4.07. The van der Waals surface area contributed by atoms with E-state index in [1.54, 1.807) is 0 Å². The van der Waals surface area contributed by atoms with E-state index in [2.05, 4.69) is 9.72 Å². The molecule has 5 nitrogen and oxygen atoms in total. The van der Waals surface area contributed by atoms with E-state index in [9.17, 15) is 13.6 Å². The van der Waals surface area contributed by atoms with Gasteiger partial charge < -0.3 is 16.2 Å². The monoisotopic (exact) mass is 217 g/mol. The minimum atomic E-state index is -2.87. The number of esters is 1. The third-order valence-corrected chi connectivity index (χ3v) is 1.80. The van der Waals surface area contributed by atoms with Gasteiger partial charge in [0, 0.05) is 6.20 Å². The highest BCUT2D eigenvalue weighted by Gasteiger charge is 2.23. The fraction of sp³-hybridized carbons (Fsp3) is 0.250. The molecule has 0 radical (unpaired) electrons. The van der Waals surface area contributed by atoms with Crippen LogP contribution >= 0.6 is 0 Å². The van der Waals surface area contributed by atoms with Gasteiger partial charge in [-0.2, -0.15) is 0 Å². The van der Waals surface area contributed by atoms with E-state index >= 15 is 0 Å². The average Bonchev–Trinajstić information content (AvgIpc) is 2.20. The van der Waals surface area contributed by atoms with Crippen LogP contribution in [0.15, 0.2) is 6.20 Å². The molecule has 82 valence electrons. The Bertz CT molecular complexity index is 396. The van der Waals surface area contributed by atoms with Crippen LogP contribution in [-0.2, 0) is 4.74 Å². The van der Waals surface area contributed by atoms with Gasteiger partial charge in [-0.15, -0.1) is 0 Å². The van der Waals surface area contributed by atoms with Crippen LogP contribution in [0.3, 0.4) is 0 Å². The predicted octanol–water partition coefficient (Wildman–Crippen LogP) is 0.970. The number of halogens is 2. The van der Waals surface area contributed by atoms with Crippen molar-refractivity contribution in [1.29, 1.82) is 0 Å². The molecule has 0 spiro atoms. The van der Waals surface area contributed by atoms with E-state index in [4.69, 9.17) is 11.5 Å². The van der Waals surface area contributed by atoms with Gasteiger partial charge in [-0.05, 0) is 0 Å². The van der Waals surface area contributed by atoms with Gasteiger partial charge in [0.05, 0.1) is 23.9 Å². The molecule has 1 heterocycles. The molecule has 1 aromatic rings. The number of methoxy groups -OCH3 is 1. The van der Waals surface area contributed by atoms with Gasteiger partial charge in [0.25, 0.3) is 6.43 Å². The standard InChI is InChI=1S/C8H9F2N3O2/c1-15-8(14)4-3(6(9)10)2-13-7(12)5(4)11/h2,6H,11H2,1H3,(H2,12,13). The first-order valence-corrected chi connectivity index (χ1v) is 3.89. The lowest BCUT2D eigenvalue weighted by Gasteiger charge is -2.10. The third-order valence-electron chi connectivity index (χ3n) is 1.80. The lowest BCUT2D eigenvalue weighted by Crippen LogP contribution is -2.13. The van der Waals surface area contributed by atoms with Crippen molar-refractivity contribution in [2.24, 2.45) is 0 Å². The molecule has 1 aromatic heterocycles. The largest absolute Gasteiger partial charge is 0.465 e. The molecule has 0 aromatic carbocycles. The summed E-state index contributed by atoms with van der Waals surface area (Å²) in [5.41, 5.74) is 9.36. The molecule has 1 rings (SSSR count). The zero-order valence-electron chi connectivity index (χ0n) is 7.83. The molecule has 15 heavy (non-hydrogen) atoms. The van der Waals surface area contributed by atoms with Gasteiger partial charge >= 0.3 is 5.97 Å². The maximum Gasteiger partial charge on any atom is 0.340 e. The molecule has 0 unspecified atom stereocenters. The van der Waals surface area contributed by atoms with Crippen LogP contribution in [0, 0.1) is 0 Å². The first-order chi connectivity index (χ1) is 6.99. The Morgan fingerprint density at radius 1 is 1.53 bits per heavy atom. The minimum absolute atomic E-state index is 0.181. The van der Waals surface area contributed by atoms with Crippen molar-refractivity contribution in [2.75, 3.05) is 18.6 Å². The highest BCUT2D eigenvalue weighted by atomic mass is 19.3. The van der Waals surface area contributed by atoms with Crippen LogP contribution in [0.25, 0.3) is 0 Å². The highest BCUT2D eigenvalue weighted by Crippen LogP contribution is 2.29. The first-order valence-electron chi connectivity index (χ1n) is 3.89. The van der Waals surface area contributed by atoms with Gasteiger partial charge in [0.15, 0.2) is 0 Å². The van der Waals surface area contributed by atoms with Crippen molar-refractivity contribution in [3.05, 3.63) is 17.3 Å². The van der Waals surface area contributed by atoms with E-state index < -0.39 is 23.5 Å². The van der Waals surface area contributed by atoms with Crippen LogP contribution in [0.4, 0.5) is 20.3 Å². The number of rotatable bonds is 2. The van der Waals surface area contributed by atoms with E-state index in [0.717, 1.165) is 13.3 Å². The van der Waals surface area contributed by atoms with Gasteiger partial charge in [-0.25, -0.2) is 18.6 Å². The number of anilines is 2. The van der Waals surface area contributed by atoms with E-state index in [1.807, 2.05) is 0 Å². The number of pyridine rings is 1. The molecule has 7 heteroatoms. The number of ether oxygens (including phenoxy) is 1. The lowest BCUT2D eigenvalue weighted by atomic mass is 10.1. The van der Waals surface area contributed by atoms with Crippen molar-refractivity contribution < 1.29 is 18.3 Å². The van der Waals surface area contributed by atoms with E-state index in [-0.39, 0.29) is 11.5 Å². The van der Waals surface area contributed by atoms with Crippen molar-refractivity contribution in [1.82, 2.24) is 4.98 Å². The van der Waals surface area contributed by atoms with Gasteiger partial charge in [0.2, 0.25) is 0 Å². The Balaban J connectivity index is 3.41. The molecular weight excluding hydrogens is 208 g/mol. The summed E-state index contributed by atoms with van der Waals surface area (Å²) in [5.74, 6) is -1.14. The molecule has 0 amide bonds. The van der Waals surface area contributed by atoms with Crippen LogP contribution in [0.2, 0.25) is 0 Å². The SMILES string of the molecule is COC(=O)c1c(C(F)F)cnc(N)c1N. The quantitative estimate of drug-likeness (QED) is 0.720. The predicted molar refractivity (Wildman–Crippen MR) is 49.4 cm³/mol. The summed E-state index contributed by atoms with van der Waals surface area (Å²) in [6.45, 7) is 0. The van der Waals surface area contributed by atoms with Crippen LogP contribution in [0.5, 0.6) is 0 Å². The Morgan fingerprint density at radius 2 is 2.13 bits per heavy atom. The number of carbonyl (C=O) groups excluding carboxylic acids is 1. The number of alkyl halides is 2. The number of nitrogens with zero attached hydrogens (tertiary/aromatic N) is 1. The Hall–Kier alpha value is -1.92. The topological polar surface area (TPSA) is 91.2 Å². The molecule has 0 aliphatic heterocycles. The van der Waals surface area contributed by atoms with E-state index in [1.165, 1.54) is 0 Å². The van der Waals surface area contributed by atoms with Crippen molar-refractivity contribution >= 4 is 17.5 Å².